The van der Waals surface area contributed by atoms with Crippen LogP contribution < -0.4 is 5.32 Å². The standard InChI is InChI=1S/C26H48N2O4/c1-18(2)12-16-32-26(9,10)15-14-24(5,6)27-21(29)11-13-25(7,8)28-22(30)17-20(19(3)4)23(28)31/h18-20H,11-17H2,1-10H3,(H,27,29). The van der Waals surface area contributed by atoms with E-state index in [0.29, 0.717) is 12.3 Å². The summed E-state index contributed by atoms with van der Waals surface area (Å²) in [5.74, 6) is 0.222. The predicted octanol–water partition coefficient (Wildman–Crippen LogP) is 5.09. The Balaban J connectivity index is 2.56. The molecule has 0 aliphatic carbocycles. The molecule has 1 rings (SSSR count). The van der Waals surface area contributed by atoms with Crippen LogP contribution in [0.4, 0.5) is 0 Å². The first-order chi connectivity index (χ1) is 14.5. The quantitative estimate of drug-likeness (QED) is 0.395. The van der Waals surface area contributed by atoms with Crippen molar-refractivity contribution in [1.29, 1.82) is 0 Å². The Labute approximate surface area is 196 Å². The topological polar surface area (TPSA) is 75.7 Å². The van der Waals surface area contributed by atoms with E-state index in [1.54, 1.807) is 0 Å². The molecule has 1 fully saturated rings. The van der Waals surface area contributed by atoms with Gasteiger partial charge in [0.05, 0.1) is 5.60 Å². The van der Waals surface area contributed by atoms with E-state index in [2.05, 4.69) is 33.0 Å². The lowest BCUT2D eigenvalue weighted by molar-refractivity contribution is -0.146. The average Bonchev–Trinajstić information content (AvgIpc) is 2.93. The summed E-state index contributed by atoms with van der Waals surface area (Å²) < 4.78 is 6.05. The van der Waals surface area contributed by atoms with Gasteiger partial charge in [-0.3, -0.25) is 19.3 Å². The van der Waals surface area contributed by atoms with Crippen molar-refractivity contribution in [1.82, 2.24) is 10.2 Å². The van der Waals surface area contributed by atoms with Gasteiger partial charge in [0.1, 0.15) is 0 Å². The van der Waals surface area contributed by atoms with Crippen LogP contribution in [0.5, 0.6) is 0 Å². The molecule has 0 aromatic carbocycles. The molecule has 0 radical (unpaired) electrons. The largest absolute Gasteiger partial charge is 0.376 e. The fourth-order valence-electron chi connectivity index (χ4n) is 4.10. The van der Waals surface area contributed by atoms with Crippen molar-refractivity contribution in [3.8, 4) is 0 Å². The van der Waals surface area contributed by atoms with Crippen LogP contribution in [0.3, 0.4) is 0 Å². The molecule has 3 amide bonds. The van der Waals surface area contributed by atoms with Crippen molar-refractivity contribution in [3.05, 3.63) is 0 Å². The van der Waals surface area contributed by atoms with E-state index in [4.69, 9.17) is 4.74 Å². The summed E-state index contributed by atoms with van der Waals surface area (Å²) in [5.41, 5.74) is -1.27. The minimum atomic E-state index is -0.675. The van der Waals surface area contributed by atoms with Crippen LogP contribution in [-0.2, 0) is 19.1 Å². The summed E-state index contributed by atoms with van der Waals surface area (Å²) in [5, 5.41) is 3.13. The maximum Gasteiger partial charge on any atom is 0.233 e. The highest BCUT2D eigenvalue weighted by molar-refractivity contribution is 6.04. The van der Waals surface area contributed by atoms with Crippen molar-refractivity contribution in [2.75, 3.05) is 6.61 Å². The zero-order valence-corrected chi connectivity index (χ0v) is 22.3. The van der Waals surface area contributed by atoms with E-state index in [-0.39, 0.29) is 53.5 Å². The van der Waals surface area contributed by atoms with E-state index < -0.39 is 5.54 Å². The van der Waals surface area contributed by atoms with E-state index >= 15 is 0 Å². The highest BCUT2D eigenvalue weighted by atomic mass is 16.5. The lowest BCUT2D eigenvalue weighted by atomic mass is 9.90. The molecule has 1 atom stereocenters. The van der Waals surface area contributed by atoms with Crippen LogP contribution in [-0.4, -0.2) is 45.9 Å². The summed E-state index contributed by atoms with van der Waals surface area (Å²) >= 11 is 0. The molecule has 32 heavy (non-hydrogen) atoms. The molecule has 1 heterocycles. The summed E-state index contributed by atoms with van der Waals surface area (Å²) in [6.07, 6.45) is 3.68. The third-order valence-electron chi connectivity index (χ3n) is 6.57. The van der Waals surface area contributed by atoms with Crippen LogP contribution in [0.25, 0.3) is 0 Å². The molecule has 0 saturated carbocycles. The van der Waals surface area contributed by atoms with Crippen molar-refractivity contribution >= 4 is 17.7 Å². The van der Waals surface area contributed by atoms with Gasteiger partial charge in [-0.25, -0.2) is 0 Å². The Kier molecular flexibility index (Phi) is 9.95. The van der Waals surface area contributed by atoms with Crippen molar-refractivity contribution in [3.63, 3.8) is 0 Å². The summed E-state index contributed by atoms with van der Waals surface area (Å²) in [4.78, 5) is 39.4. The molecule has 1 aliphatic heterocycles. The first-order valence-corrected chi connectivity index (χ1v) is 12.3. The Bertz CT molecular complexity index is 665. The van der Waals surface area contributed by atoms with Crippen LogP contribution >= 0.6 is 0 Å². The Hall–Kier alpha value is -1.43. The SMILES string of the molecule is CC(C)CCOC(C)(C)CCC(C)(C)NC(=O)CCC(C)(C)N1C(=O)CC(C(C)C)C1=O. The van der Waals surface area contributed by atoms with Gasteiger partial charge in [-0.05, 0) is 79.1 Å². The number of rotatable bonds is 13. The van der Waals surface area contributed by atoms with Crippen molar-refractivity contribution in [2.24, 2.45) is 17.8 Å². The number of carbonyl (C=O) groups excluding carboxylic acids is 3. The van der Waals surface area contributed by atoms with Crippen LogP contribution in [0.15, 0.2) is 0 Å². The zero-order chi connectivity index (χ0) is 24.9. The van der Waals surface area contributed by atoms with Crippen LogP contribution in [0, 0.1) is 17.8 Å². The van der Waals surface area contributed by atoms with Gasteiger partial charge in [-0.2, -0.15) is 0 Å². The molecule has 1 saturated heterocycles. The molecule has 0 aromatic heterocycles. The maximum absolute atomic E-state index is 12.8. The summed E-state index contributed by atoms with van der Waals surface area (Å²) in [6.45, 7) is 21.1. The lowest BCUT2D eigenvalue weighted by Crippen LogP contribution is -2.49. The number of amides is 3. The molecule has 1 N–H and O–H groups in total. The van der Waals surface area contributed by atoms with Crippen LogP contribution in [0.1, 0.15) is 108 Å². The highest BCUT2D eigenvalue weighted by Crippen LogP contribution is 2.34. The van der Waals surface area contributed by atoms with Crippen molar-refractivity contribution < 1.29 is 19.1 Å². The molecular weight excluding hydrogens is 404 g/mol. The van der Waals surface area contributed by atoms with E-state index in [0.717, 1.165) is 25.9 Å². The molecule has 1 aliphatic rings. The van der Waals surface area contributed by atoms with Gasteiger partial charge in [0, 0.05) is 36.4 Å². The maximum atomic E-state index is 12.8. The molecule has 0 bridgehead atoms. The van der Waals surface area contributed by atoms with Gasteiger partial charge in [-0.15, -0.1) is 0 Å². The molecule has 186 valence electrons. The van der Waals surface area contributed by atoms with Crippen molar-refractivity contribution in [2.45, 2.75) is 124 Å². The van der Waals surface area contributed by atoms with Gasteiger partial charge in [-0.1, -0.05) is 27.7 Å². The first kappa shape index (κ1) is 28.6. The van der Waals surface area contributed by atoms with Gasteiger partial charge < -0.3 is 10.1 Å². The zero-order valence-electron chi connectivity index (χ0n) is 22.3. The Morgan fingerprint density at radius 1 is 1.03 bits per heavy atom. The Morgan fingerprint density at radius 3 is 2.12 bits per heavy atom. The third-order valence-corrected chi connectivity index (χ3v) is 6.57. The number of hydrogen-bond acceptors (Lipinski definition) is 4. The minimum absolute atomic E-state index is 0.0545. The number of nitrogens with one attached hydrogen (secondary N) is 1. The average molecular weight is 453 g/mol. The second-order valence-electron chi connectivity index (χ2n) is 12.2. The number of hydrogen-bond donors (Lipinski definition) is 1. The molecule has 0 spiro atoms. The third kappa shape index (κ3) is 8.84. The highest BCUT2D eigenvalue weighted by Gasteiger charge is 2.46. The molecular formula is C26H48N2O4. The minimum Gasteiger partial charge on any atom is -0.376 e. The number of ether oxygens (including phenoxy) is 1. The number of likely N-dealkylation sites (tertiary alicyclic amines) is 1. The molecule has 6 nitrogen and oxygen atoms in total. The Morgan fingerprint density at radius 2 is 1.62 bits per heavy atom. The van der Waals surface area contributed by atoms with Gasteiger partial charge in [0.15, 0.2) is 0 Å². The predicted molar refractivity (Wildman–Crippen MR) is 129 cm³/mol. The summed E-state index contributed by atoms with van der Waals surface area (Å²) in [7, 11) is 0. The molecule has 1 unspecified atom stereocenters. The van der Waals surface area contributed by atoms with Gasteiger partial charge >= 0.3 is 0 Å². The van der Waals surface area contributed by atoms with E-state index in [1.165, 1.54) is 4.90 Å². The number of imide groups is 1. The van der Waals surface area contributed by atoms with Gasteiger partial charge in [0.25, 0.3) is 0 Å². The fourth-order valence-corrected chi connectivity index (χ4v) is 4.10. The second kappa shape index (κ2) is 11.1. The number of carbonyl (C=O) groups is 3. The van der Waals surface area contributed by atoms with E-state index in [9.17, 15) is 14.4 Å². The number of nitrogens with zero attached hydrogens (tertiary/aromatic N) is 1. The normalized spacial score (nSPS) is 18.2. The van der Waals surface area contributed by atoms with Gasteiger partial charge in [0.2, 0.25) is 17.7 Å². The van der Waals surface area contributed by atoms with Crippen LogP contribution in [0.2, 0.25) is 0 Å². The fraction of sp³-hybridized carbons (Fsp3) is 0.885. The van der Waals surface area contributed by atoms with E-state index in [1.807, 2.05) is 41.5 Å². The lowest BCUT2D eigenvalue weighted by Gasteiger charge is -2.35. The monoisotopic (exact) mass is 452 g/mol. The molecule has 6 heteroatoms. The molecule has 0 aromatic rings. The summed E-state index contributed by atoms with van der Waals surface area (Å²) in [6, 6.07) is 0. The second-order valence-corrected chi connectivity index (χ2v) is 12.2. The smallest absolute Gasteiger partial charge is 0.233 e. The first-order valence-electron chi connectivity index (χ1n) is 12.3.